The number of alkyl halides is 1. The maximum Gasteiger partial charge on any atom is 0.141 e. The van der Waals surface area contributed by atoms with E-state index in [1.807, 2.05) is 12.1 Å². The molecule has 0 aromatic carbocycles. The van der Waals surface area contributed by atoms with Crippen LogP contribution in [0.15, 0.2) is 18.3 Å². The molecule has 0 N–H and O–H groups in total. The Balaban J connectivity index is 2.96. The molecule has 0 spiro atoms. The van der Waals surface area contributed by atoms with Crippen LogP contribution in [0.2, 0.25) is 0 Å². The molecule has 1 aromatic rings. The average Bonchev–Trinajstić information content (AvgIpc) is 2.04. The Bertz CT molecular complexity index is 192. The molecule has 1 rings (SSSR count). The summed E-state index contributed by atoms with van der Waals surface area (Å²) in [6.45, 7) is 0. The highest BCUT2D eigenvalue weighted by Crippen LogP contribution is 2.16. The van der Waals surface area contributed by atoms with E-state index in [0.717, 1.165) is 16.8 Å². The van der Waals surface area contributed by atoms with Gasteiger partial charge in [0.1, 0.15) is 5.75 Å². The monoisotopic (exact) mass is 201 g/mol. The van der Waals surface area contributed by atoms with Gasteiger partial charge in [-0.05, 0) is 12.1 Å². The predicted molar refractivity (Wildman–Crippen MR) is 43.4 cm³/mol. The first-order valence-electron chi connectivity index (χ1n) is 2.92. The number of ether oxygens (including phenoxy) is 1. The van der Waals surface area contributed by atoms with Gasteiger partial charge in [-0.1, -0.05) is 15.9 Å². The third kappa shape index (κ3) is 1.48. The minimum Gasteiger partial charge on any atom is -0.495 e. The zero-order valence-corrected chi connectivity index (χ0v) is 7.26. The second-order valence-electron chi connectivity index (χ2n) is 1.79. The van der Waals surface area contributed by atoms with Crippen LogP contribution in [0.5, 0.6) is 5.75 Å². The second-order valence-corrected chi connectivity index (χ2v) is 2.35. The Labute approximate surface area is 68.4 Å². The first kappa shape index (κ1) is 7.54. The fourth-order valence-corrected chi connectivity index (χ4v) is 1.13. The molecule has 0 fully saturated rings. The molecule has 3 heteroatoms. The Hall–Kier alpha value is -0.570. The van der Waals surface area contributed by atoms with E-state index in [9.17, 15) is 0 Å². The lowest BCUT2D eigenvalue weighted by Crippen LogP contribution is -1.90. The topological polar surface area (TPSA) is 22.1 Å². The number of aromatic nitrogens is 1. The van der Waals surface area contributed by atoms with E-state index in [2.05, 4.69) is 20.9 Å². The van der Waals surface area contributed by atoms with Crippen LogP contribution in [-0.2, 0) is 5.33 Å². The van der Waals surface area contributed by atoms with E-state index in [-0.39, 0.29) is 0 Å². The van der Waals surface area contributed by atoms with Gasteiger partial charge in [0.15, 0.2) is 0 Å². The Kier molecular flexibility index (Phi) is 2.68. The number of halogens is 1. The minimum absolute atomic E-state index is 0.733. The highest BCUT2D eigenvalue weighted by molar-refractivity contribution is 9.08. The van der Waals surface area contributed by atoms with Crippen LogP contribution in [0.25, 0.3) is 0 Å². The predicted octanol–water partition coefficient (Wildman–Crippen LogP) is 1.99. The molecule has 0 unspecified atom stereocenters. The van der Waals surface area contributed by atoms with Crippen molar-refractivity contribution in [2.45, 2.75) is 5.33 Å². The lowest BCUT2D eigenvalue weighted by atomic mass is 10.3. The van der Waals surface area contributed by atoms with E-state index in [1.165, 1.54) is 0 Å². The van der Waals surface area contributed by atoms with Gasteiger partial charge in [0.2, 0.25) is 0 Å². The normalized spacial score (nSPS) is 9.40. The van der Waals surface area contributed by atoms with Gasteiger partial charge in [0, 0.05) is 11.5 Å². The van der Waals surface area contributed by atoms with E-state index >= 15 is 0 Å². The minimum atomic E-state index is 0.733. The summed E-state index contributed by atoms with van der Waals surface area (Å²) in [5, 5.41) is 0.733. The highest BCUT2D eigenvalue weighted by Gasteiger charge is 1.98. The zero-order valence-electron chi connectivity index (χ0n) is 5.67. The molecule has 0 aliphatic rings. The standard InChI is InChI=1S/C7H8BrNO/c1-10-7-3-2-4-9-6(7)5-8/h2-4H,5H2,1H3. The third-order valence-corrected chi connectivity index (χ3v) is 1.73. The van der Waals surface area contributed by atoms with Crippen LogP contribution in [0, 0.1) is 0 Å². The molecule has 0 saturated heterocycles. The average molecular weight is 202 g/mol. The first-order chi connectivity index (χ1) is 4.88. The van der Waals surface area contributed by atoms with Crippen molar-refractivity contribution < 1.29 is 4.74 Å². The van der Waals surface area contributed by atoms with Crippen LogP contribution >= 0.6 is 15.9 Å². The largest absolute Gasteiger partial charge is 0.495 e. The van der Waals surface area contributed by atoms with Crippen molar-refractivity contribution in [1.82, 2.24) is 4.98 Å². The molecule has 0 aliphatic carbocycles. The number of pyridine rings is 1. The van der Waals surface area contributed by atoms with Gasteiger partial charge < -0.3 is 4.74 Å². The van der Waals surface area contributed by atoms with Gasteiger partial charge in [-0.2, -0.15) is 0 Å². The van der Waals surface area contributed by atoms with Gasteiger partial charge in [-0.15, -0.1) is 0 Å². The van der Waals surface area contributed by atoms with E-state index < -0.39 is 0 Å². The van der Waals surface area contributed by atoms with Crippen molar-refractivity contribution in [2.24, 2.45) is 0 Å². The molecule has 0 amide bonds. The van der Waals surface area contributed by atoms with Gasteiger partial charge in [-0.25, -0.2) is 0 Å². The quantitative estimate of drug-likeness (QED) is 0.684. The summed E-state index contributed by atoms with van der Waals surface area (Å²) in [5.74, 6) is 0.833. The molecule has 0 aliphatic heterocycles. The molecule has 54 valence electrons. The fourth-order valence-electron chi connectivity index (χ4n) is 0.709. The second kappa shape index (κ2) is 3.56. The molecule has 2 nitrogen and oxygen atoms in total. The van der Waals surface area contributed by atoms with E-state index in [4.69, 9.17) is 4.74 Å². The summed E-state index contributed by atoms with van der Waals surface area (Å²) in [6.07, 6.45) is 1.75. The summed E-state index contributed by atoms with van der Waals surface area (Å²) in [4.78, 5) is 4.10. The molecule has 1 heterocycles. The summed E-state index contributed by atoms with van der Waals surface area (Å²) >= 11 is 3.31. The summed E-state index contributed by atoms with van der Waals surface area (Å²) in [7, 11) is 1.64. The van der Waals surface area contributed by atoms with Crippen molar-refractivity contribution >= 4 is 15.9 Å². The summed E-state index contributed by atoms with van der Waals surface area (Å²) < 4.78 is 5.04. The van der Waals surface area contributed by atoms with Crippen LogP contribution in [0.3, 0.4) is 0 Å². The molecule has 0 radical (unpaired) electrons. The first-order valence-corrected chi connectivity index (χ1v) is 4.04. The number of nitrogens with zero attached hydrogens (tertiary/aromatic N) is 1. The SMILES string of the molecule is COc1cccnc1CBr. The zero-order chi connectivity index (χ0) is 7.40. The van der Waals surface area contributed by atoms with Gasteiger partial charge in [-0.3, -0.25) is 4.98 Å². The van der Waals surface area contributed by atoms with Gasteiger partial charge >= 0.3 is 0 Å². The molecule has 1 aromatic heterocycles. The lowest BCUT2D eigenvalue weighted by molar-refractivity contribution is 0.409. The smallest absolute Gasteiger partial charge is 0.141 e. The number of methoxy groups -OCH3 is 1. The maximum atomic E-state index is 5.04. The lowest BCUT2D eigenvalue weighted by Gasteiger charge is -2.01. The Morgan fingerprint density at radius 3 is 3.00 bits per heavy atom. The van der Waals surface area contributed by atoms with Crippen molar-refractivity contribution in [3.63, 3.8) is 0 Å². The van der Waals surface area contributed by atoms with E-state index in [0.29, 0.717) is 0 Å². The molecule has 10 heavy (non-hydrogen) atoms. The van der Waals surface area contributed by atoms with E-state index in [1.54, 1.807) is 13.3 Å². The van der Waals surface area contributed by atoms with Crippen LogP contribution in [0.1, 0.15) is 5.69 Å². The van der Waals surface area contributed by atoms with Crippen molar-refractivity contribution in [3.8, 4) is 5.75 Å². The van der Waals surface area contributed by atoms with Crippen molar-refractivity contribution in [2.75, 3.05) is 7.11 Å². The van der Waals surface area contributed by atoms with Crippen LogP contribution in [0.4, 0.5) is 0 Å². The van der Waals surface area contributed by atoms with Crippen LogP contribution in [-0.4, -0.2) is 12.1 Å². The molecule has 0 atom stereocenters. The number of hydrogen-bond acceptors (Lipinski definition) is 2. The number of rotatable bonds is 2. The van der Waals surface area contributed by atoms with Gasteiger partial charge in [0.05, 0.1) is 12.8 Å². The Morgan fingerprint density at radius 1 is 1.70 bits per heavy atom. The van der Waals surface area contributed by atoms with Crippen molar-refractivity contribution in [1.29, 1.82) is 0 Å². The molecule has 0 saturated carbocycles. The molecular formula is C7H8BrNO. The summed E-state index contributed by atoms with van der Waals surface area (Å²) in [6, 6.07) is 3.74. The fraction of sp³-hybridized carbons (Fsp3) is 0.286. The number of hydrogen-bond donors (Lipinski definition) is 0. The molecular weight excluding hydrogens is 194 g/mol. The molecule has 0 bridgehead atoms. The van der Waals surface area contributed by atoms with Crippen LogP contribution < -0.4 is 4.74 Å². The van der Waals surface area contributed by atoms with Gasteiger partial charge in [0.25, 0.3) is 0 Å². The maximum absolute atomic E-state index is 5.04. The summed E-state index contributed by atoms with van der Waals surface area (Å²) in [5.41, 5.74) is 0.935. The van der Waals surface area contributed by atoms with Crippen molar-refractivity contribution in [3.05, 3.63) is 24.0 Å². The Morgan fingerprint density at radius 2 is 2.50 bits per heavy atom. The third-order valence-electron chi connectivity index (χ3n) is 1.19. The highest BCUT2D eigenvalue weighted by atomic mass is 79.9.